The van der Waals surface area contributed by atoms with E-state index >= 15 is 0 Å². The minimum Gasteiger partial charge on any atom is -0.375 e. The Morgan fingerprint density at radius 2 is 2.24 bits per heavy atom. The number of aromatic nitrogens is 1. The van der Waals surface area contributed by atoms with Crippen LogP contribution in [0.15, 0.2) is 23.2 Å². The maximum atomic E-state index is 12.8. The van der Waals surface area contributed by atoms with E-state index in [1.165, 1.54) is 10.5 Å². The van der Waals surface area contributed by atoms with Crippen LogP contribution >= 0.6 is 0 Å². The smallest absolute Gasteiger partial charge is 0.243 e. The number of nitrogens with zero attached hydrogens (tertiary/aromatic N) is 2. The summed E-state index contributed by atoms with van der Waals surface area (Å²) in [6.07, 6.45) is 2.39. The highest BCUT2D eigenvalue weighted by Gasteiger charge is 2.34. The predicted octanol–water partition coefficient (Wildman–Crippen LogP) is 1.70. The third-order valence-corrected chi connectivity index (χ3v) is 5.42. The molecule has 0 bridgehead atoms. The van der Waals surface area contributed by atoms with E-state index in [-0.39, 0.29) is 17.0 Å². The number of anilines is 1. The zero-order valence-corrected chi connectivity index (χ0v) is 13.6. The van der Waals surface area contributed by atoms with Gasteiger partial charge in [-0.25, -0.2) is 13.4 Å². The molecule has 21 heavy (non-hydrogen) atoms. The molecule has 1 N–H and O–H groups in total. The fourth-order valence-corrected chi connectivity index (χ4v) is 3.97. The standard InChI is InChI=1S/C14H23N3O3S/c1-4-6-15-14-8-13(5-7-16-14)21(18,19)17-9-12(3)20-10-11(17)2/h5,7-8,11-12H,4,6,9-10H2,1-3H3,(H,15,16). The van der Waals surface area contributed by atoms with Crippen LogP contribution in [0.2, 0.25) is 0 Å². The summed E-state index contributed by atoms with van der Waals surface area (Å²) in [5.41, 5.74) is 0. The summed E-state index contributed by atoms with van der Waals surface area (Å²) < 4.78 is 32.6. The van der Waals surface area contributed by atoms with Gasteiger partial charge in [0.1, 0.15) is 5.82 Å². The summed E-state index contributed by atoms with van der Waals surface area (Å²) in [4.78, 5) is 4.43. The summed E-state index contributed by atoms with van der Waals surface area (Å²) in [7, 11) is -3.52. The second-order valence-electron chi connectivity index (χ2n) is 5.37. The minimum atomic E-state index is -3.52. The van der Waals surface area contributed by atoms with E-state index in [9.17, 15) is 8.42 Å². The third-order valence-electron chi connectivity index (χ3n) is 3.44. The van der Waals surface area contributed by atoms with Crippen LogP contribution in [0.3, 0.4) is 0 Å². The van der Waals surface area contributed by atoms with Gasteiger partial charge in [-0.2, -0.15) is 4.31 Å². The molecule has 6 nitrogen and oxygen atoms in total. The van der Waals surface area contributed by atoms with Crippen molar-refractivity contribution in [1.29, 1.82) is 0 Å². The summed E-state index contributed by atoms with van der Waals surface area (Å²) in [5.74, 6) is 0.590. The van der Waals surface area contributed by atoms with E-state index in [2.05, 4.69) is 10.3 Å². The molecule has 1 fully saturated rings. The Kier molecular flexibility index (Phi) is 5.18. The first-order chi connectivity index (χ1) is 9.95. The van der Waals surface area contributed by atoms with Crippen molar-refractivity contribution in [1.82, 2.24) is 9.29 Å². The van der Waals surface area contributed by atoms with E-state index in [1.807, 2.05) is 20.8 Å². The van der Waals surface area contributed by atoms with Gasteiger partial charge in [-0.1, -0.05) is 6.92 Å². The fourth-order valence-electron chi connectivity index (χ4n) is 2.26. The van der Waals surface area contributed by atoms with E-state index in [0.717, 1.165) is 13.0 Å². The van der Waals surface area contributed by atoms with E-state index < -0.39 is 10.0 Å². The summed E-state index contributed by atoms with van der Waals surface area (Å²) in [6.45, 7) is 7.36. The Balaban J connectivity index is 2.26. The van der Waals surface area contributed by atoms with Crippen LogP contribution in [0, 0.1) is 0 Å². The Hall–Kier alpha value is -1.18. The molecule has 2 unspecified atom stereocenters. The molecule has 1 aromatic rings. The average molecular weight is 313 g/mol. The molecular weight excluding hydrogens is 290 g/mol. The van der Waals surface area contributed by atoms with E-state index in [1.54, 1.807) is 12.1 Å². The molecule has 118 valence electrons. The zero-order valence-electron chi connectivity index (χ0n) is 12.7. The van der Waals surface area contributed by atoms with Gasteiger partial charge in [-0.05, 0) is 26.3 Å². The molecule has 1 aliphatic rings. The summed E-state index contributed by atoms with van der Waals surface area (Å²) in [6, 6.07) is 2.98. The molecule has 0 amide bonds. The van der Waals surface area contributed by atoms with Gasteiger partial charge in [0.05, 0.1) is 17.6 Å². The zero-order chi connectivity index (χ0) is 15.5. The van der Waals surface area contributed by atoms with Gasteiger partial charge < -0.3 is 10.1 Å². The van der Waals surface area contributed by atoms with Gasteiger partial charge in [0.2, 0.25) is 10.0 Å². The topological polar surface area (TPSA) is 71.5 Å². The van der Waals surface area contributed by atoms with Gasteiger partial charge in [-0.15, -0.1) is 0 Å². The number of pyridine rings is 1. The van der Waals surface area contributed by atoms with Crippen LogP contribution in [-0.2, 0) is 14.8 Å². The molecule has 0 radical (unpaired) electrons. The van der Waals surface area contributed by atoms with Crippen molar-refractivity contribution in [3.63, 3.8) is 0 Å². The van der Waals surface area contributed by atoms with Crippen LogP contribution < -0.4 is 5.32 Å². The molecule has 1 aromatic heterocycles. The van der Waals surface area contributed by atoms with Crippen molar-refractivity contribution in [2.24, 2.45) is 0 Å². The Morgan fingerprint density at radius 1 is 1.48 bits per heavy atom. The maximum Gasteiger partial charge on any atom is 0.243 e. The number of rotatable bonds is 5. The molecule has 7 heteroatoms. The van der Waals surface area contributed by atoms with Crippen LogP contribution in [0.5, 0.6) is 0 Å². The molecule has 0 saturated carbocycles. The molecule has 0 aromatic carbocycles. The molecule has 0 aliphatic carbocycles. The van der Waals surface area contributed by atoms with Crippen molar-refractivity contribution in [3.8, 4) is 0 Å². The minimum absolute atomic E-state index is 0.0875. The van der Waals surface area contributed by atoms with Gasteiger partial charge >= 0.3 is 0 Å². The lowest BCUT2D eigenvalue weighted by molar-refractivity contribution is -0.0170. The van der Waals surface area contributed by atoms with Gasteiger partial charge in [0.25, 0.3) is 0 Å². The van der Waals surface area contributed by atoms with Crippen molar-refractivity contribution < 1.29 is 13.2 Å². The lowest BCUT2D eigenvalue weighted by Crippen LogP contribution is -2.50. The van der Waals surface area contributed by atoms with Gasteiger partial charge in [-0.3, -0.25) is 0 Å². The van der Waals surface area contributed by atoms with Crippen molar-refractivity contribution in [3.05, 3.63) is 18.3 Å². The van der Waals surface area contributed by atoms with Crippen molar-refractivity contribution in [2.45, 2.75) is 44.2 Å². The van der Waals surface area contributed by atoms with E-state index in [4.69, 9.17) is 4.74 Å². The number of morpholine rings is 1. The Labute approximate surface area is 126 Å². The first-order valence-corrected chi connectivity index (χ1v) is 8.72. The Morgan fingerprint density at radius 3 is 2.95 bits per heavy atom. The van der Waals surface area contributed by atoms with Crippen LogP contribution in [0.25, 0.3) is 0 Å². The average Bonchev–Trinajstić information content (AvgIpc) is 2.48. The quantitative estimate of drug-likeness (QED) is 0.896. The van der Waals surface area contributed by atoms with Crippen LogP contribution in [0.4, 0.5) is 5.82 Å². The molecule has 1 saturated heterocycles. The maximum absolute atomic E-state index is 12.8. The second kappa shape index (κ2) is 6.72. The number of nitrogens with one attached hydrogen (secondary N) is 1. The molecule has 2 atom stereocenters. The number of ether oxygens (including phenoxy) is 1. The van der Waals surface area contributed by atoms with Crippen LogP contribution in [-0.4, -0.2) is 49.5 Å². The molecule has 1 aliphatic heterocycles. The van der Waals surface area contributed by atoms with Gasteiger partial charge in [0, 0.05) is 31.4 Å². The lowest BCUT2D eigenvalue weighted by atomic mass is 10.2. The molecule has 2 heterocycles. The second-order valence-corrected chi connectivity index (χ2v) is 7.26. The van der Waals surface area contributed by atoms with Gasteiger partial charge in [0.15, 0.2) is 0 Å². The third kappa shape index (κ3) is 3.72. The largest absolute Gasteiger partial charge is 0.375 e. The Bertz CT molecular complexity index is 577. The monoisotopic (exact) mass is 313 g/mol. The predicted molar refractivity (Wildman–Crippen MR) is 81.8 cm³/mol. The normalized spacial score (nSPS) is 24.0. The molecule has 0 spiro atoms. The van der Waals surface area contributed by atoms with E-state index in [0.29, 0.717) is 19.0 Å². The first kappa shape index (κ1) is 16.2. The molecule has 2 rings (SSSR count). The highest BCUT2D eigenvalue weighted by atomic mass is 32.2. The lowest BCUT2D eigenvalue weighted by Gasteiger charge is -2.35. The highest BCUT2D eigenvalue weighted by Crippen LogP contribution is 2.23. The molecular formula is C14H23N3O3S. The number of sulfonamides is 1. The summed E-state index contributed by atoms with van der Waals surface area (Å²) in [5, 5.41) is 3.11. The highest BCUT2D eigenvalue weighted by molar-refractivity contribution is 7.89. The SMILES string of the molecule is CCCNc1cc(S(=O)(=O)N2CC(C)OCC2C)ccn1. The van der Waals surface area contributed by atoms with Crippen molar-refractivity contribution in [2.75, 3.05) is 25.0 Å². The first-order valence-electron chi connectivity index (χ1n) is 7.28. The van der Waals surface area contributed by atoms with Crippen molar-refractivity contribution >= 4 is 15.8 Å². The fraction of sp³-hybridized carbons (Fsp3) is 0.643. The summed E-state index contributed by atoms with van der Waals surface area (Å²) >= 11 is 0. The number of hydrogen-bond acceptors (Lipinski definition) is 5. The van der Waals surface area contributed by atoms with Crippen LogP contribution in [0.1, 0.15) is 27.2 Å². The number of hydrogen-bond donors (Lipinski definition) is 1.